The third-order valence-electron chi connectivity index (χ3n) is 1.54. The summed E-state index contributed by atoms with van der Waals surface area (Å²) in [5, 5.41) is 0.644. The highest BCUT2D eigenvalue weighted by Gasteiger charge is 1.97. The van der Waals surface area contributed by atoms with Gasteiger partial charge in [-0.1, -0.05) is 18.5 Å². The highest BCUT2D eigenvalue weighted by Crippen LogP contribution is 2.26. The van der Waals surface area contributed by atoms with Gasteiger partial charge < -0.3 is 5.73 Å². The number of rotatable bonds is 2. The van der Waals surface area contributed by atoms with Gasteiger partial charge in [-0.05, 0) is 34.1 Å². The fourth-order valence-corrected chi connectivity index (χ4v) is 1.22. The second kappa shape index (κ2) is 4.63. The summed E-state index contributed by atoms with van der Waals surface area (Å²) < 4.78 is 0.864. The van der Waals surface area contributed by atoms with Crippen LogP contribution in [0.25, 0.3) is 0 Å². The van der Waals surface area contributed by atoms with Crippen molar-refractivity contribution in [2.75, 3.05) is 0 Å². The van der Waals surface area contributed by atoms with E-state index in [9.17, 15) is 0 Å². The average molecular weight is 262 g/mol. The molecule has 70 valence electrons. The molecule has 4 heteroatoms. The van der Waals surface area contributed by atoms with E-state index in [4.69, 9.17) is 17.3 Å². The summed E-state index contributed by atoms with van der Waals surface area (Å²) in [6.45, 7) is 1.96. The Bertz CT molecular complexity index is 336. The molecule has 1 aromatic rings. The van der Waals surface area contributed by atoms with Crippen LogP contribution < -0.4 is 5.73 Å². The van der Waals surface area contributed by atoms with Crippen molar-refractivity contribution in [2.24, 2.45) is 10.7 Å². The Balaban J connectivity index is 2.98. The standard InChI is InChI=1S/C9H10BrClN2/c1-2-9(12)13-6-3-4-7(10)8(11)5-6/h3-5H,2H2,1H3,(H2,12,13). The normalized spacial score (nSPS) is 11.8. The number of hydrogen-bond acceptors (Lipinski definition) is 1. The van der Waals surface area contributed by atoms with Crippen LogP contribution in [0.4, 0.5) is 5.69 Å². The Morgan fingerprint density at radius 3 is 2.85 bits per heavy atom. The van der Waals surface area contributed by atoms with Crippen molar-refractivity contribution in [1.82, 2.24) is 0 Å². The first-order valence-electron chi connectivity index (χ1n) is 3.91. The van der Waals surface area contributed by atoms with Gasteiger partial charge in [0, 0.05) is 10.9 Å². The fraction of sp³-hybridized carbons (Fsp3) is 0.222. The van der Waals surface area contributed by atoms with Gasteiger partial charge in [-0.3, -0.25) is 0 Å². The molecule has 0 aliphatic heterocycles. The molecule has 1 rings (SSSR count). The fourth-order valence-electron chi connectivity index (χ4n) is 0.799. The molecule has 2 nitrogen and oxygen atoms in total. The molecule has 0 aliphatic rings. The number of benzene rings is 1. The molecule has 0 unspecified atom stereocenters. The van der Waals surface area contributed by atoms with Crippen LogP contribution in [0.3, 0.4) is 0 Å². The summed E-state index contributed by atoms with van der Waals surface area (Å²) >= 11 is 9.18. The topological polar surface area (TPSA) is 38.4 Å². The maximum absolute atomic E-state index is 5.88. The van der Waals surface area contributed by atoms with Gasteiger partial charge in [0.05, 0.1) is 16.5 Å². The third kappa shape index (κ3) is 3.01. The van der Waals surface area contributed by atoms with Gasteiger partial charge in [0.2, 0.25) is 0 Å². The van der Waals surface area contributed by atoms with Gasteiger partial charge in [0.15, 0.2) is 0 Å². The lowest BCUT2D eigenvalue weighted by atomic mass is 10.3. The van der Waals surface area contributed by atoms with Gasteiger partial charge in [0.1, 0.15) is 0 Å². The molecule has 2 N–H and O–H groups in total. The largest absolute Gasteiger partial charge is 0.387 e. The van der Waals surface area contributed by atoms with Crippen LogP contribution in [0.15, 0.2) is 27.7 Å². The maximum Gasteiger partial charge on any atom is 0.0993 e. The minimum Gasteiger partial charge on any atom is -0.387 e. The van der Waals surface area contributed by atoms with Gasteiger partial charge in [-0.15, -0.1) is 0 Å². The van der Waals surface area contributed by atoms with Crippen LogP contribution in [0, 0.1) is 0 Å². The van der Waals surface area contributed by atoms with E-state index in [-0.39, 0.29) is 0 Å². The highest BCUT2D eigenvalue weighted by atomic mass is 79.9. The number of nitrogens with zero attached hydrogens (tertiary/aromatic N) is 1. The molecular formula is C9H10BrClN2. The molecule has 0 aromatic heterocycles. The first kappa shape index (κ1) is 10.5. The number of amidine groups is 1. The van der Waals surface area contributed by atoms with Crippen molar-refractivity contribution in [3.63, 3.8) is 0 Å². The quantitative estimate of drug-likeness (QED) is 0.642. The summed E-state index contributed by atoms with van der Waals surface area (Å²) in [6, 6.07) is 5.48. The number of aliphatic imine (C=N–C) groups is 1. The lowest BCUT2D eigenvalue weighted by Gasteiger charge is -1.99. The lowest BCUT2D eigenvalue weighted by Crippen LogP contribution is -2.08. The molecule has 0 saturated carbocycles. The van der Waals surface area contributed by atoms with Crippen molar-refractivity contribution in [3.8, 4) is 0 Å². The van der Waals surface area contributed by atoms with Crippen molar-refractivity contribution in [3.05, 3.63) is 27.7 Å². The molecule has 0 aliphatic carbocycles. The van der Waals surface area contributed by atoms with E-state index >= 15 is 0 Å². The Morgan fingerprint density at radius 2 is 2.31 bits per heavy atom. The zero-order valence-electron chi connectivity index (χ0n) is 7.22. The molecule has 13 heavy (non-hydrogen) atoms. The van der Waals surface area contributed by atoms with E-state index in [0.29, 0.717) is 10.9 Å². The average Bonchev–Trinajstić information content (AvgIpc) is 2.11. The Hall–Kier alpha value is -0.540. The Morgan fingerprint density at radius 1 is 1.62 bits per heavy atom. The van der Waals surface area contributed by atoms with Crippen molar-refractivity contribution in [2.45, 2.75) is 13.3 Å². The lowest BCUT2D eigenvalue weighted by molar-refractivity contribution is 1.24. The number of halogens is 2. The summed E-state index contributed by atoms with van der Waals surface area (Å²) in [7, 11) is 0. The zero-order valence-corrected chi connectivity index (χ0v) is 9.56. The van der Waals surface area contributed by atoms with Gasteiger partial charge in [-0.2, -0.15) is 0 Å². The van der Waals surface area contributed by atoms with E-state index in [1.54, 1.807) is 6.07 Å². The van der Waals surface area contributed by atoms with Crippen LogP contribution in [0.2, 0.25) is 5.02 Å². The van der Waals surface area contributed by atoms with Crippen molar-refractivity contribution >= 4 is 39.1 Å². The second-order valence-corrected chi connectivity index (χ2v) is 3.82. The summed E-state index contributed by atoms with van der Waals surface area (Å²) in [6.07, 6.45) is 0.744. The monoisotopic (exact) mass is 260 g/mol. The molecule has 0 heterocycles. The molecule has 1 aromatic carbocycles. The van der Waals surface area contributed by atoms with Gasteiger partial charge in [0.25, 0.3) is 0 Å². The molecule has 0 saturated heterocycles. The van der Waals surface area contributed by atoms with E-state index in [0.717, 1.165) is 16.6 Å². The molecule has 0 fully saturated rings. The SMILES string of the molecule is CCC(N)=Nc1ccc(Br)c(Cl)c1. The van der Waals surface area contributed by atoms with Crippen LogP contribution >= 0.6 is 27.5 Å². The van der Waals surface area contributed by atoms with Crippen molar-refractivity contribution < 1.29 is 0 Å². The Labute approximate surface area is 90.9 Å². The first-order chi connectivity index (χ1) is 6.13. The minimum atomic E-state index is 0.610. The molecule has 0 atom stereocenters. The van der Waals surface area contributed by atoms with Crippen LogP contribution in [-0.2, 0) is 0 Å². The molecule has 0 bridgehead atoms. The van der Waals surface area contributed by atoms with Crippen LogP contribution in [0.1, 0.15) is 13.3 Å². The number of nitrogens with two attached hydrogens (primary N) is 1. The van der Waals surface area contributed by atoms with E-state index in [1.807, 2.05) is 19.1 Å². The smallest absolute Gasteiger partial charge is 0.0993 e. The minimum absolute atomic E-state index is 0.610. The summed E-state index contributed by atoms with van der Waals surface area (Å²) in [5.74, 6) is 0.610. The molecule has 0 amide bonds. The predicted molar refractivity (Wildman–Crippen MR) is 60.7 cm³/mol. The summed E-state index contributed by atoms with van der Waals surface area (Å²) in [4.78, 5) is 4.17. The van der Waals surface area contributed by atoms with E-state index in [2.05, 4.69) is 20.9 Å². The predicted octanol–water partition coefficient (Wildman–Crippen LogP) is 3.50. The molecule has 0 radical (unpaired) electrons. The van der Waals surface area contributed by atoms with Gasteiger partial charge >= 0.3 is 0 Å². The summed E-state index contributed by atoms with van der Waals surface area (Å²) in [5.41, 5.74) is 6.37. The maximum atomic E-state index is 5.88. The third-order valence-corrected chi connectivity index (χ3v) is 2.77. The van der Waals surface area contributed by atoms with Crippen molar-refractivity contribution in [1.29, 1.82) is 0 Å². The Kier molecular flexibility index (Phi) is 3.75. The van der Waals surface area contributed by atoms with E-state index in [1.165, 1.54) is 0 Å². The second-order valence-electron chi connectivity index (χ2n) is 2.56. The molecular weight excluding hydrogens is 251 g/mol. The van der Waals surface area contributed by atoms with Crippen LogP contribution in [0.5, 0.6) is 0 Å². The van der Waals surface area contributed by atoms with E-state index < -0.39 is 0 Å². The van der Waals surface area contributed by atoms with Crippen LogP contribution in [-0.4, -0.2) is 5.84 Å². The molecule has 0 spiro atoms. The van der Waals surface area contributed by atoms with Gasteiger partial charge in [-0.25, -0.2) is 4.99 Å². The first-order valence-corrected chi connectivity index (χ1v) is 5.08. The zero-order chi connectivity index (χ0) is 9.84. The number of hydrogen-bond donors (Lipinski definition) is 1. The highest BCUT2D eigenvalue weighted by molar-refractivity contribution is 9.10.